The van der Waals surface area contributed by atoms with E-state index >= 15 is 0 Å². The molecule has 0 aliphatic carbocycles. The summed E-state index contributed by atoms with van der Waals surface area (Å²) in [5.74, 6) is 0.0906. The number of benzene rings is 2. The molecule has 2 rings (SSSR count). The molecule has 0 aliphatic rings. The minimum Gasteiger partial charge on any atom is -0.358 e. The van der Waals surface area contributed by atoms with Gasteiger partial charge in [-0.15, -0.1) is 0 Å². The van der Waals surface area contributed by atoms with Crippen LogP contribution in [0.4, 0.5) is 0 Å². The van der Waals surface area contributed by atoms with Crippen molar-refractivity contribution in [2.24, 2.45) is 0 Å². The van der Waals surface area contributed by atoms with Crippen molar-refractivity contribution in [2.75, 3.05) is 6.61 Å². The Labute approximate surface area is 128 Å². The average molecular weight is 300 g/mol. The molecule has 2 nitrogen and oxygen atoms in total. The molecule has 0 amide bonds. The van der Waals surface area contributed by atoms with Gasteiger partial charge >= 0.3 is 0 Å². The minimum atomic E-state index is 0.0906. The van der Waals surface area contributed by atoms with Gasteiger partial charge in [0.1, 0.15) is 0 Å². The Kier molecular flexibility index (Phi) is 5.27. The van der Waals surface area contributed by atoms with Crippen LogP contribution in [0.5, 0.6) is 0 Å². The van der Waals surface area contributed by atoms with E-state index in [2.05, 4.69) is 19.1 Å². The number of aryl methyl sites for hydroxylation is 3. The SMILES string of the molecule is CCOPc1ccccc1C(=O)c1c(C)cc(C)cc1C. The monoisotopic (exact) mass is 300 g/mol. The van der Waals surface area contributed by atoms with Crippen LogP contribution < -0.4 is 5.30 Å². The first-order valence-corrected chi connectivity index (χ1v) is 8.04. The van der Waals surface area contributed by atoms with Crippen LogP contribution in [-0.2, 0) is 4.52 Å². The van der Waals surface area contributed by atoms with Crippen LogP contribution >= 0.6 is 8.81 Å². The van der Waals surface area contributed by atoms with Gasteiger partial charge in [-0.05, 0) is 38.8 Å². The fraction of sp³-hybridized carbons (Fsp3) is 0.278. The highest BCUT2D eigenvalue weighted by atomic mass is 31.1. The summed E-state index contributed by atoms with van der Waals surface area (Å²) in [6.45, 7) is 8.68. The molecule has 0 bridgehead atoms. The van der Waals surface area contributed by atoms with E-state index in [0.717, 1.165) is 27.6 Å². The van der Waals surface area contributed by atoms with Crippen molar-refractivity contribution < 1.29 is 9.32 Å². The van der Waals surface area contributed by atoms with Gasteiger partial charge < -0.3 is 4.52 Å². The van der Waals surface area contributed by atoms with E-state index in [1.165, 1.54) is 5.56 Å². The summed E-state index contributed by atoms with van der Waals surface area (Å²) in [5.41, 5.74) is 4.82. The first kappa shape index (κ1) is 15.9. The second-order valence-electron chi connectivity index (χ2n) is 5.18. The second-order valence-corrected chi connectivity index (χ2v) is 6.21. The van der Waals surface area contributed by atoms with Crippen LogP contribution in [0.1, 0.15) is 39.5 Å². The molecule has 0 saturated heterocycles. The fourth-order valence-corrected chi connectivity index (χ4v) is 3.36. The Morgan fingerprint density at radius 3 is 2.33 bits per heavy atom. The van der Waals surface area contributed by atoms with Gasteiger partial charge in [0.25, 0.3) is 0 Å². The third-order valence-corrected chi connectivity index (χ3v) is 4.49. The third kappa shape index (κ3) is 3.58. The molecule has 2 aromatic rings. The van der Waals surface area contributed by atoms with Crippen LogP contribution in [0.25, 0.3) is 0 Å². The smallest absolute Gasteiger partial charge is 0.194 e. The number of hydrogen-bond donors (Lipinski definition) is 0. The molecular formula is C18H21O2P. The summed E-state index contributed by atoms with van der Waals surface area (Å²) in [4.78, 5) is 12.9. The van der Waals surface area contributed by atoms with E-state index in [9.17, 15) is 4.79 Å². The maximum Gasteiger partial charge on any atom is 0.194 e. The van der Waals surface area contributed by atoms with E-state index in [0.29, 0.717) is 6.61 Å². The maximum atomic E-state index is 12.9. The van der Waals surface area contributed by atoms with E-state index in [1.54, 1.807) is 0 Å². The zero-order valence-electron chi connectivity index (χ0n) is 13.0. The van der Waals surface area contributed by atoms with Crippen molar-refractivity contribution >= 4 is 19.9 Å². The lowest BCUT2D eigenvalue weighted by Gasteiger charge is -2.13. The first-order valence-electron chi connectivity index (χ1n) is 7.14. The summed E-state index contributed by atoms with van der Waals surface area (Å²) < 4.78 is 5.50. The standard InChI is InChI=1S/C18H21O2P/c1-5-20-21-16-9-7-6-8-15(16)18(19)17-13(3)10-12(2)11-14(17)4/h6-11,21H,5H2,1-4H3. The van der Waals surface area contributed by atoms with Crippen molar-refractivity contribution in [1.29, 1.82) is 0 Å². The molecule has 0 aliphatic heterocycles. The van der Waals surface area contributed by atoms with Crippen LogP contribution in [0.15, 0.2) is 36.4 Å². The summed E-state index contributed by atoms with van der Waals surface area (Å²) in [6.07, 6.45) is 0. The molecule has 0 saturated carbocycles. The summed E-state index contributed by atoms with van der Waals surface area (Å²) in [5, 5.41) is 0.976. The first-order chi connectivity index (χ1) is 10.0. The Hall–Kier alpha value is -1.50. The molecule has 110 valence electrons. The lowest BCUT2D eigenvalue weighted by molar-refractivity contribution is 0.103. The number of carbonyl (C=O) groups is 1. The van der Waals surface area contributed by atoms with Crippen LogP contribution in [0.2, 0.25) is 0 Å². The average Bonchev–Trinajstić information content (AvgIpc) is 2.44. The minimum absolute atomic E-state index is 0.0906. The molecule has 1 atom stereocenters. The quantitative estimate of drug-likeness (QED) is 0.614. The highest BCUT2D eigenvalue weighted by Gasteiger charge is 2.17. The molecule has 0 aromatic heterocycles. The van der Waals surface area contributed by atoms with Crippen LogP contribution in [-0.4, -0.2) is 12.4 Å². The van der Waals surface area contributed by atoms with E-state index in [1.807, 2.05) is 45.0 Å². The van der Waals surface area contributed by atoms with E-state index < -0.39 is 0 Å². The summed E-state index contributed by atoms with van der Waals surface area (Å²) in [7, 11) is 0.211. The molecule has 0 spiro atoms. The highest BCUT2D eigenvalue weighted by Crippen LogP contribution is 2.22. The van der Waals surface area contributed by atoms with Gasteiger partial charge in [-0.3, -0.25) is 4.79 Å². The van der Waals surface area contributed by atoms with Gasteiger partial charge in [0.05, 0.1) is 0 Å². The predicted molar refractivity (Wildman–Crippen MR) is 90.1 cm³/mol. The predicted octanol–water partition coefficient (Wildman–Crippen LogP) is 4.10. The fourth-order valence-electron chi connectivity index (χ4n) is 2.59. The Bertz CT molecular complexity index is 639. The number of hydrogen-bond acceptors (Lipinski definition) is 2. The van der Waals surface area contributed by atoms with E-state index in [-0.39, 0.29) is 14.6 Å². The molecule has 1 unspecified atom stereocenters. The zero-order chi connectivity index (χ0) is 15.4. The number of carbonyl (C=O) groups excluding carboxylic acids is 1. The largest absolute Gasteiger partial charge is 0.358 e. The summed E-state index contributed by atoms with van der Waals surface area (Å²) >= 11 is 0. The zero-order valence-corrected chi connectivity index (χ0v) is 14.0. The maximum absolute atomic E-state index is 12.9. The lowest BCUT2D eigenvalue weighted by Crippen LogP contribution is -2.15. The molecule has 3 heteroatoms. The van der Waals surface area contributed by atoms with Gasteiger partial charge in [-0.2, -0.15) is 0 Å². The normalized spacial score (nSPS) is 11.2. The molecular weight excluding hydrogens is 279 g/mol. The number of rotatable bonds is 5. The van der Waals surface area contributed by atoms with Gasteiger partial charge in [0, 0.05) is 31.8 Å². The second kappa shape index (κ2) is 6.98. The molecule has 0 N–H and O–H groups in total. The summed E-state index contributed by atoms with van der Waals surface area (Å²) in [6, 6.07) is 11.9. The van der Waals surface area contributed by atoms with E-state index in [4.69, 9.17) is 4.52 Å². The topological polar surface area (TPSA) is 26.3 Å². The van der Waals surface area contributed by atoms with Crippen molar-refractivity contribution in [2.45, 2.75) is 27.7 Å². The molecule has 0 radical (unpaired) electrons. The van der Waals surface area contributed by atoms with Gasteiger partial charge in [-0.25, -0.2) is 0 Å². The lowest BCUT2D eigenvalue weighted by atomic mass is 9.93. The molecule has 0 heterocycles. The van der Waals surface area contributed by atoms with Crippen molar-refractivity contribution in [3.63, 3.8) is 0 Å². The number of ketones is 1. The highest BCUT2D eigenvalue weighted by molar-refractivity contribution is 7.42. The van der Waals surface area contributed by atoms with Crippen LogP contribution in [0, 0.1) is 20.8 Å². The molecule has 2 aromatic carbocycles. The van der Waals surface area contributed by atoms with Gasteiger partial charge in [0.15, 0.2) is 5.78 Å². The Morgan fingerprint density at radius 1 is 1.10 bits per heavy atom. The van der Waals surface area contributed by atoms with Gasteiger partial charge in [0.2, 0.25) is 0 Å². The van der Waals surface area contributed by atoms with Crippen molar-refractivity contribution in [3.8, 4) is 0 Å². The third-order valence-electron chi connectivity index (χ3n) is 3.40. The van der Waals surface area contributed by atoms with Gasteiger partial charge in [-0.1, -0.05) is 42.0 Å². The van der Waals surface area contributed by atoms with Crippen LogP contribution in [0.3, 0.4) is 0 Å². The molecule has 0 fully saturated rings. The van der Waals surface area contributed by atoms with Crippen molar-refractivity contribution in [1.82, 2.24) is 0 Å². The molecule has 21 heavy (non-hydrogen) atoms. The Balaban J connectivity index is 2.46. The van der Waals surface area contributed by atoms with Crippen molar-refractivity contribution in [3.05, 3.63) is 64.2 Å². The Morgan fingerprint density at radius 2 is 1.71 bits per heavy atom.